The third kappa shape index (κ3) is 3.28. The minimum Gasteiger partial charge on any atom is -0.293 e. The fraction of sp³-hybridized carbons (Fsp3) is 0.333. The lowest BCUT2D eigenvalue weighted by atomic mass is 10.4. The van der Waals surface area contributed by atoms with E-state index >= 15 is 0 Å². The van der Waals surface area contributed by atoms with Crippen LogP contribution in [0.4, 0.5) is 0 Å². The molecule has 0 aromatic carbocycles. The van der Waals surface area contributed by atoms with Crippen LogP contribution in [0.15, 0.2) is 22.3 Å². The number of nitrogens with zero attached hydrogens (tertiary/aromatic N) is 2. The molecule has 0 aliphatic rings. The smallest absolute Gasteiger partial charge is 0.0329 e. The van der Waals surface area contributed by atoms with Crippen LogP contribution in [0.1, 0.15) is 6.92 Å². The Bertz CT molecular complexity index is 122. The molecule has 0 rings (SSSR count). The van der Waals surface area contributed by atoms with E-state index < -0.39 is 0 Å². The summed E-state index contributed by atoms with van der Waals surface area (Å²) in [5.41, 5.74) is 0.956. The van der Waals surface area contributed by atoms with Gasteiger partial charge in [-0.3, -0.25) is 9.98 Å². The topological polar surface area (TPSA) is 24.7 Å². The van der Waals surface area contributed by atoms with Gasteiger partial charge in [-0.05, 0) is 19.7 Å². The molecule has 0 unspecified atom stereocenters. The maximum Gasteiger partial charge on any atom is 0.0329 e. The van der Waals surface area contributed by atoms with Gasteiger partial charge in [0.15, 0.2) is 0 Å². The van der Waals surface area contributed by atoms with E-state index in [1.165, 1.54) is 0 Å². The second-order valence-electron chi connectivity index (χ2n) is 1.36. The van der Waals surface area contributed by atoms with Crippen LogP contribution < -0.4 is 0 Å². The van der Waals surface area contributed by atoms with Gasteiger partial charge in [-0.1, -0.05) is 0 Å². The van der Waals surface area contributed by atoms with Crippen molar-refractivity contribution in [1.29, 1.82) is 0 Å². The average Bonchev–Trinajstić information content (AvgIpc) is 1.83. The average molecular weight is 110 g/mol. The van der Waals surface area contributed by atoms with Gasteiger partial charge in [0.05, 0.1) is 0 Å². The summed E-state index contributed by atoms with van der Waals surface area (Å²) in [6, 6.07) is 0. The molecule has 8 heavy (non-hydrogen) atoms. The molecule has 0 N–H and O–H groups in total. The second-order valence-corrected chi connectivity index (χ2v) is 1.36. The van der Waals surface area contributed by atoms with Crippen LogP contribution in [-0.2, 0) is 0 Å². The molecular weight excluding hydrogens is 100 g/mol. The summed E-state index contributed by atoms with van der Waals surface area (Å²) < 4.78 is 0. The fourth-order valence-corrected chi connectivity index (χ4v) is 0.235. The van der Waals surface area contributed by atoms with Crippen molar-refractivity contribution >= 4 is 12.4 Å². The van der Waals surface area contributed by atoms with Crippen molar-refractivity contribution in [1.82, 2.24) is 0 Å². The normalized spacial score (nSPS) is 12.5. The molecule has 0 saturated carbocycles. The standard InChI is InChI=1S/C6H10N2/c1-6(8-3)4-5-7-2/h4-5H,2H2,1,3H3/b5-4-,8-6?. The van der Waals surface area contributed by atoms with Crippen molar-refractivity contribution in [2.45, 2.75) is 6.92 Å². The zero-order valence-corrected chi connectivity index (χ0v) is 5.26. The van der Waals surface area contributed by atoms with Gasteiger partial charge in [0.1, 0.15) is 0 Å². The highest BCUT2D eigenvalue weighted by molar-refractivity contribution is 5.92. The van der Waals surface area contributed by atoms with E-state index in [1.807, 2.05) is 6.92 Å². The molecule has 2 heteroatoms. The highest BCUT2D eigenvalue weighted by atomic mass is 14.7. The van der Waals surface area contributed by atoms with Crippen LogP contribution in [0, 0.1) is 0 Å². The first-order valence-electron chi connectivity index (χ1n) is 2.37. The summed E-state index contributed by atoms with van der Waals surface area (Å²) in [4.78, 5) is 7.38. The van der Waals surface area contributed by atoms with Crippen molar-refractivity contribution in [2.75, 3.05) is 7.05 Å². The Morgan fingerprint density at radius 3 is 2.62 bits per heavy atom. The first-order chi connectivity index (χ1) is 3.81. The Hall–Kier alpha value is -0.920. The van der Waals surface area contributed by atoms with E-state index in [9.17, 15) is 0 Å². The van der Waals surface area contributed by atoms with Crippen molar-refractivity contribution in [2.24, 2.45) is 9.98 Å². The van der Waals surface area contributed by atoms with Gasteiger partial charge in [0.25, 0.3) is 0 Å². The first-order valence-corrected chi connectivity index (χ1v) is 2.37. The molecule has 0 aromatic rings. The quantitative estimate of drug-likeness (QED) is 0.478. The van der Waals surface area contributed by atoms with Crippen LogP contribution >= 0.6 is 0 Å². The summed E-state index contributed by atoms with van der Waals surface area (Å²) in [7, 11) is 1.74. The van der Waals surface area contributed by atoms with E-state index in [4.69, 9.17) is 0 Å². The lowest BCUT2D eigenvalue weighted by molar-refractivity contribution is 1.43. The molecule has 44 valence electrons. The maximum absolute atomic E-state index is 3.87. The number of hydrogen-bond acceptors (Lipinski definition) is 2. The Morgan fingerprint density at radius 2 is 2.25 bits per heavy atom. The minimum absolute atomic E-state index is 0.956. The molecule has 0 saturated heterocycles. The van der Waals surface area contributed by atoms with E-state index in [0.29, 0.717) is 0 Å². The molecule has 0 atom stereocenters. The van der Waals surface area contributed by atoms with Gasteiger partial charge >= 0.3 is 0 Å². The van der Waals surface area contributed by atoms with E-state index in [2.05, 4.69) is 16.7 Å². The highest BCUT2D eigenvalue weighted by Crippen LogP contribution is 1.77. The van der Waals surface area contributed by atoms with Crippen LogP contribution in [0.5, 0.6) is 0 Å². The first kappa shape index (κ1) is 7.08. The molecule has 0 radical (unpaired) electrons. The van der Waals surface area contributed by atoms with E-state index in [1.54, 1.807) is 19.3 Å². The van der Waals surface area contributed by atoms with Crippen molar-refractivity contribution in [3.63, 3.8) is 0 Å². The molecule has 2 nitrogen and oxygen atoms in total. The number of allylic oxidation sites excluding steroid dienone is 1. The van der Waals surface area contributed by atoms with Crippen LogP contribution in [0.25, 0.3) is 0 Å². The Balaban J connectivity index is 3.69. The van der Waals surface area contributed by atoms with Crippen molar-refractivity contribution in [3.8, 4) is 0 Å². The Labute approximate surface area is 49.7 Å². The van der Waals surface area contributed by atoms with Gasteiger partial charge in [-0.25, -0.2) is 0 Å². The Morgan fingerprint density at radius 1 is 1.62 bits per heavy atom. The van der Waals surface area contributed by atoms with Gasteiger partial charge in [0, 0.05) is 19.0 Å². The van der Waals surface area contributed by atoms with Gasteiger partial charge in [-0.2, -0.15) is 0 Å². The van der Waals surface area contributed by atoms with Gasteiger partial charge < -0.3 is 0 Å². The molecule has 0 aliphatic heterocycles. The molecule has 0 bridgehead atoms. The van der Waals surface area contributed by atoms with E-state index in [0.717, 1.165) is 5.71 Å². The molecular formula is C6H10N2. The third-order valence-corrected chi connectivity index (χ3v) is 0.774. The molecule has 0 spiro atoms. The Kier molecular flexibility index (Phi) is 3.76. The molecule has 0 aromatic heterocycles. The number of rotatable bonds is 2. The van der Waals surface area contributed by atoms with Gasteiger partial charge in [-0.15, -0.1) is 0 Å². The predicted octanol–water partition coefficient (Wildman–Crippen LogP) is 1.29. The van der Waals surface area contributed by atoms with Crippen LogP contribution in [0.3, 0.4) is 0 Å². The zero-order chi connectivity index (χ0) is 6.41. The van der Waals surface area contributed by atoms with Gasteiger partial charge in [0.2, 0.25) is 0 Å². The zero-order valence-electron chi connectivity index (χ0n) is 5.26. The minimum atomic E-state index is 0.956. The number of hydrogen-bond donors (Lipinski definition) is 0. The molecule has 0 heterocycles. The molecule has 0 fully saturated rings. The molecule has 0 aliphatic carbocycles. The summed E-state index contributed by atoms with van der Waals surface area (Å²) in [6.45, 7) is 5.18. The monoisotopic (exact) mass is 110 g/mol. The third-order valence-electron chi connectivity index (χ3n) is 0.774. The fourth-order valence-electron chi connectivity index (χ4n) is 0.235. The highest BCUT2D eigenvalue weighted by Gasteiger charge is 1.73. The summed E-state index contributed by atoms with van der Waals surface area (Å²) in [6.07, 6.45) is 3.41. The van der Waals surface area contributed by atoms with Crippen molar-refractivity contribution in [3.05, 3.63) is 12.3 Å². The maximum atomic E-state index is 3.87. The van der Waals surface area contributed by atoms with Crippen LogP contribution in [-0.4, -0.2) is 19.5 Å². The summed E-state index contributed by atoms with van der Waals surface area (Å²) in [5, 5.41) is 0. The summed E-state index contributed by atoms with van der Waals surface area (Å²) in [5.74, 6) is 0. The lowest BCUT2D eigenvalue weighted by Gasteiger charge is -1.81. The lowest BCUT2D eigenvalue weighted by Crippen LogP contribution is -1.80. The molecule has 0 amide bonds. The summed E-state index contributed by atoms with van der Waals surface area (Å²) >= 11 is 0. The number of aliphatic imine (C=N–C) groups is 2. The van der Waals surface area contributed by atoms with Crippen molar-refractivity contribution < 1.29 is 0 Å². The van der Waals surface area contributed by atoms with Crippen LogP contribution in [0.2, 0.25) is 0 Å². The second kappa shape index (κ2) is 4.24. The SMILES string of the molecule is C=N/C=C\C(C)=NC. The largest absolute Gasteiger partial charge is 0.293 e. The van der Waals surface area contributed by atoms with E-state index in [-0.39, 0.29) is 0 Å². The predicted molar refractivity (Wildman–Crippen MR) is 37.7 cm³/mol.